The first-order valence-corrected chi connectivity index (χ1v) is 6.94. The Labute approximate surface area is 117 Å². The summed E-state index contributed by atoms with van der Waals surface area (Å²) >= 11 is 6.02. The highest BCUT2D eigenvalue weighted by molar-refractivity contribution is 6.30. The summed E-state index contributed by atoms with van der Waals surface area (Å²) in [6.45, 7) is 0.913. The van der Waals surface area contributed by atoms with E-state index in [-0.39, 0.29) is 0 Å². The van der Waals surface area contributed by atoms with Crippen molar-refractivity contribution in [2.24, 2.45) is 7.05 Å². The quantitative estimate of drug-likeness (QED) is 0.925. The van der Waals surface area contributed by atoms with Crippen LogP contribution in [0.5, 0.6) is 0 Å². The van der Waals surface area contributed by atoms with Gasteiger partial charge in [-0.1, -0.05) is 17.7 Å². The van der Waals surface area contributed by atoms with Crippen molar-refractivity contribution in [1.82, 2.24) is 20.1 Å². The van der Waals surface area contributed by atoms with Gasteiger partial charge in [-0.3, -0.25) is 4.68 Å². The summed E-state index contributed by atoms with van der Waals surface area (Å²) < 4.78 is 1.74. The Morgan fingerprint density at radius 1 is 1.37 bits per heavy atom. The molecule has 0 fully saturated rings. The molecule has 0 saturated heterocycles. The van der Waals surface area contributed by atoms with Crippen molar-refractivity contribution in [2.75, 3.05) is 6.54 Å². The van der Waals surface area contributed by atoms with Crippen molar-refractivity contribution < 1.29 is 0 Å². The van der Waals surface area contributed by atoms with E-state index >= 15 is 0 Å². The number of benzene rings is 1. The molecule has 100 valence electrons. The third-order valence-electron chi connectivity index (χ3n) is 3.53. The Kier molecular flexibility index (Phi) is 3.53. The van der Waals surface area contributed by atoms with E-state index in [4.69, 9.17) is 11.6 Å². The molecule has 1 aromatic carbocycles. The second kappa shape index (κ2) is 5.31. The van der Waals surface area contributed by atoms with Crippen molar-refractivity contribution in [1.29, 1.82) is 0 Å². The summed E-state index contributed by atoms with van der Waals surface area (Å²) in [6, 6.07) is 6.70. The van der Waals surface area contributed by atoms with Crippen LogP contribution < -0.4 is 5.32 Å². The fraction of sp³-hybridized carbons (Fsp3) is 0.429. The van der Waals surface area contributed by atoms with Crippen LogP contribution in [0.2, 0.25) is 5.02 Å². The van der Waals surface area contributed by atoms with Gasteiger partial charge < -0.3 is 5.32 Å². The highest BCUT2D eigenvalue weighted by Gasteiger charge is 2.20. The van der Waals surface area contributed by atoms with Gasteiger partial charge in [0, 0.05) is 31.1 Å². The first-order valence-electron chi connectivity index (χ1n) is 6.56. The SMILES string of the molecule is Cn1cnc(CCNC2Cc3ccc(Cl)cc3C2)n1. The minimum Gasteiger partial charge on any atom is -0.313 e. The molecule has 0 saturated carbocycles. The van der Waals surface area contributed by atoms with Crippen molar-refractivity contribution >= 4 is 11.6 Å². The van der Waals surface area contributed by atoms with Crippen molar-refractivity contribution in [3.05, 3.63) is 46.5 Å². The van der Waals surface area contributed by atoms with Gasteiger partial charge in [-0.05, 0) is 36.1 Å². The predicted octanol–water partition coefficient (Wildman–Crippen LogP) is 1.77. The number of halogens is 1. The van der Waals surface area contributed by atoms with E-state index in [0.717, 1.165) is 36.7 Å². The number of aryl methyl sites for hydroxylation is 1. The summed E-state index contributed by atoms with van der Waals surface area (Å²) in [5.41, 5.74) is 2.79. The van der Waals surface area contributed by atoms with Crippen molar-refractivity contribution in [2.45, 2.75) is 25.3 Å². The third-order valence-corrected chi connectivity index (χ3v) is 3.76. The summed E-state index contributed by atoms with van der Waals surface area (Å²) in [5, 5.41) is 8.68. The molecule has 1 N–H and O–H groups in total. The highest BCUT2D eigenvalue weighted by Crippen LogP contribution is 2.25. The molecule has 0 spiro atoms. The van der Waals surface area contributed by atoms with E-state index in [0.29, 0.717) is 6.04 Å². The van der Waals surface area contributed by atoms with Crippen LogP contribution in [-0.2, 0) is 26.3 Å². The molecule has 1 heterocycles. The van der Waals surface area contributed by atoms with E-state index in [2.05, 4.69) is 27.5 Å². The Hall–Kier alpha value is -1.39. The molecule has 5 heteroatoms. The summed E-state index contributed by atoms with van der Waals surface area (Å²) in [6.07, 6.45) is 4.75. The zero-order valence-corrected chi connectivity index (χ0v) is 11.7. The Morgan fingerprint density at radius 2 is 2.21 bits per heavy atom. The monoisotopic (exact) mass is 276 g/mol. The second-order valence-electron chi connectivity index (χ2n) is 5.06. The maximum Gasteiger partial charge on any atom is 0.151 e. The van der Waals surface area contributed by atoms with Crippen LogP contribution in [0.3, 0.4) is 0 Å². The first-order chi connectivity index (χ1) is 9.20. The van der Waals surface area contributed by atoms with E-state index in [9.17, 15) is 0 Å². The Morgan fingerprint density at radius 3 is 3.00 bits per heavy atom. The average Bonchev–Trinajstić information content (AvgIpc) is 2.95. The lowest BCUT2D eigenvalue weighted by Crippen LogP contribution is -2.31. The lowest BCUT2D eigenvalue weighted by Gasteiger charge is -2.10. The van der Waals surface area contributed by atoms with Gasteiger partial charge in [0.15, 0.2) is 5.82 Å². The van der Waals surface area contributed by atoms with Gasteiger partial charge in [-0.25, -0.2) is 4.98 Å². The number of aromatic nitrogens is 3. The van der Waals surface area contributed by atoms with Crippen LogP contribution in [0.15, 0.2) is 24.5 Å². The molecule has 2 aromatic rings. The molecule has 0 radical (unpaired) electrons. The smallest absolute Gasteiger partial charge is 0.151 e. The topological polar surface area (TPSA) is 42.7 Å². The predicted molar refractivity (Wildman–Crippen MR) is 75.4 cm³/mol. The highest BCUT2D eigenvalue weighted by atomic mass is 35.5. The zero-order valence-electron chi connectivity index (χ0n) is 10.9. The molecule has 3 rings (SSSR count). The molecule has 0 aliphatic heterocycles. The van der Waals surface area contributed by atoms with Crippen LogP contribution >= 0.6 is 11.6 Å². The second-order valence-corrected chi connectivity index (χ2v) is 5.49. The molecule has 1 unspecified atom stereocenters. The van der Waals surface area contributed by atoms with Gasteiger partial charge in [0.25, 0.3) is 0 Å². The van der Waals surface area contributed by atoms with Crippen LogP contribution in [0.1, 0.15) is 17.0 Å². The number of nitrogens with one attached hydrogen (secondary N) is 1. The minimum absolute atomic E-state index is 0.511. The molecule has 1 atom stereocenters. The normalized spacial score (nSPS) is 17.7. The number of hydrogen-bond donors (Lipinski definition) is 1. The maximum atomic E-state index is 6.02. The lowest BCUT2D eigenvalue weighted by molar-refractivity contribution is 0.531. The maximum absolute atomic E-state index is 6.02. The van der Waals surface area contributed by atoms with Crippen LogP contribution in [0.4, 0.5) is 0 Å². The largest absolute Gasteiger partial charge is 0.313 e. The number of hydrogen-bond acceptors (Lipinski definition) is 3. The van der Waals surface area contributed by atoms with Crippen LogP contribution in [-0.4, -0.2) is 27.4 Å². The molecule has 0 amide bonds. The minimum atomic E-state index is 0.511. The summed E-state index contributed by atoms with van der Waals surface area (Å²) in [4.78, 5) is 4.23. The first kappa shape index (κ1) is 12.6. The average molecular weight is 277 g/mol. The Balaban J connectivity index is 1.51. The molecular weight excluding hydrogens is 260 g/mol. The number of rotatable bonds is 4. The van der Waals surface area contributed by atoms with Gasteiger partial charge >= 0.3 is 0 Å². The van der Waals surface area contributed by atoms with Gasteiger partial charge in [-0.15, -0.1) is 0 Å². The number of fused-ring (bicyclic) bond motifs is 1. The van der Waals surface area contributed by atoms with Gasteiger partial charge in [-0.2, -0.15) is 5.10 Å². The van der Waals surface area contributed by atoms with Crippen molar-refractivity contribution in [3.8, 4) is 0 Å². The molecule has 1 aliphatic rings. The molecule has 19 heavy (non-hydrogen) atoms. The molecule has 0 bridgehead atoms. The summed E-state index contributed by atoms with van der Waals surface area (Å²) in [5.74, 6) is 0.897. The lowest BCUT2D eigenvalue weighted by atomic mass is 10.1. The molecular formula is C14H17ClN4. The standard InChI is InChI=1S/C14H17ClN4/c1-19-9-17-14(18-19)4-5-16-13-7-10-2-3-12(15)6-11(10)8-13/h2-3,6,9,13,16H,4-5,7-8H2,1H3. The third kappa shape index (κ3) is 2.96. The van der Waals surface area contributed by atoms with E-state index < -0.39 is 0 Å². The molecule has 1 aliphatic carbocycles. The Bertz CT molecular complexity index is 579. The fourth-order valence-corrected chi connectivity index (χ4v) is 2.81. The fourth-order valence-electron chi connectivity index (χ4n) is 2.62. The van der Waals surface area contributed by atoms with E-state index in [1.54, 1.807) is 11.0 Å². The van der Waals surface area contributed by atoms with E-state index in [1.807, 2.05) is 13.1 Å². The zero-order chi connectivity index (χ0) is 13.2. The number of nitrogens with zero attached hydrogens (tertiary/aromatic N) is 3. The summed E-state index contributed by atoms with van der Waals surface area (Å²) in [7, 11) is 1.89. The van der Waals surface area contributed by atoms with Crippen molar-refractivity contribution in [3.63, 3.8) is 0 Å². The van der Waals surface area contributed by atoms with Gasteiger partial charge in [0.2, 0.25) is 0 Å². The van der Waals surface area contributed by atoms with Crippen LogP contribution in [0, 0.1) is 0 Å². The molecule has 1 aromatic heterocycles. The van der Waals surface area contributed by atoms with Gasteiger partial charge in [0.1, 0.15) is 6.33 Å². The van der Waals surface area contributed by atoms with E-state index in [1.165, 1.54) is 11.1 Å². The van der Waals surface area contributed by atoms with Gasteiger partial charge in [0.05, 0.1) is 0 Å². The molecule has 4 nitrogen and oxygen atoms in total. The van der Waals surface area contributed by atoms with Crippen LogP contribution in [0.25, 0.3) is 0 Å².